The first-order valence-corrected chi connectivity index (χ1v) is 5.11. The van der Waals surface area contributed by atoms with Crippen molar-refractivity contribution in [3.63, 3.8) is 0 Å². The molecule has 0 N–H and O–H groups in total. The van der Waals surface area contributed by atoms with Gasteiger partial charge in [-0.25, -0.2) is 0 Å². The number of ether oxygens (including phenoxy) is 3. The van der Waals surface area contributed by atoms with Crippen LogP contribution in [0.4, 0.5) is 0 Å². The third kappa shape index (κ3) is 1.49. The fourth-order valence-electron chi connectivity index (χ4n) is 1.79. The van der Waals surface area contributed by atoms with Gasteiger partial charge in [0.1, 0.15) is 6.73 Å². The van der Waals surface area contributed by atoms with E-state index in [0.29, 0.717) is 36.9 Å². The van der Waals surface area contributed by atoms with Crippen molar-refractivity contribution in [2.24, 2.45) is 0 Å². The van der Waals surface area contributed by atoms with Gasteiger partial charge in [0.05, 0.1) is 6.61 Å². The lowest BCUT2D eigenvalue weighted by atomic mass is 10.2. The SMILES string of the molecule is O=C(c1ccc2c(c1)OCO2)N1CCOC1. The lowest BCUT2D eigenvalue weighted by Crippen LogP contribution is -2.28. The Morgan fingerprint density at radius 3 is 2.94 bits per heavy atom. The summed E-state index contributed by atoms with van der Waals surface area (Å²) in [6, 6.07) is 5.21. The van der Waals surface area contributed by atoms with E-state index in [9.17, 15) is 4.79 Å². The highest BCUT2D eigenvalue weighted by molar-refractivity contribution is 5.95. The molecule has 1 fully saturated rings. The number of hydrogen-bond acceptors (Lipinski definition) is 4. The molecule has 1 saturated heterocycles. The molecule has 0 bridgehead atoms. The summed E-state index contributed by atoms with van der Waals surface area (Å²) in [6.45, 7) is 1.84. The standard InChI is InChI=1S/C11H11NO4/c13-11(12-3-4-14-6-12)8-1-2-9-10(5-8)16-7-15-9/h1-2,5H,3-4,6-7H2. The molecule has 1 aromatic rings. The Hall–Kier alpha value is -1.75. The second kappa shape index (κ2) is 3.68. The summed E-state index contributed by atoms with van der Waals surface area (Å²) in [5.74, 6) is 1.29. The topological polar surface area (TPSA) is 48.0 Å². The van der Waals surface area contributed by atoms with Crippen LogP contribution >= 0.6 is 0 Å². The van der Waals surface area contributed by atoms with Crippen molar-refractivity contribution in [1.82, 2.24) is 4.90 Å². The minimum absolute atomic E-state index is 0.0317. The summed E-state index contributed by atoms with van der Waals surface area (Å²) < 4.78 is 15.6. The molecule has 5 nitrogen and oxygen atoms in total. The van der Waals surface area contributed by atoms with E-state index in [2.05, 4.69) is 0 Å². The second-order valence-corrected chi connectivity index (χ2v) is 3.67. The monoisotopic (exact) mass is 221 g/mol. The summed E-state index contributed by atoms with van der Waals surface area (Å²) >= 11 is 0. The van der Waals surface area contributed by atoms with Crippen LogP contribution in [-0.4, -0.2) is 37.5 Å². The van der Waals surface area contributed by atoms with E-state index in [1.54, 1.807) is 23.1 Å². The number of benzene rings is 1. The van der Waals surface area contributed by atoms with Crippen molar-refractivity contribution >= 4 is 5.91 Å². The van der Waals surface area contributed by atoms with Gasteiger partial charge >= 0.3 is 0 Å². The van der Waals surface area contributed by atoms with Crippen molar-refractivity contribution in [1.29, 1.82) is 0 Å². The lowest BCUT2D eigenvalue weighted by Gasteiger charge is -2.13. The number of rotatable bonds is 1. The summed E-state index contributed by atoms with van der Waals surface area (Å²) in [5.41, 5.74) is 0.606. The van der Waals surface area contributed by atoms with Gasteiger partial charge in [-0.1, -0.05) is 0 Å². The molecule has 0 atom stereocenters. The highest BCUT2D eigenvalue weighted by Gasteiger charge is 2.22. The van der Waals surface area contributed by atoms with Crippen LogP contribution in [0.2, 0.25) is 0 Å². The van der Waals surface area contributed by atoms with Crippen LogP contribution in [0.5, 0.6) is 11.5 Å². The van der Waals surface area contributed by atoms with Gasteiger partial charge in [-0.15, -0.1) is 0 Å². The molecule has 0 spiro atoms. The number of carbonyl (C=O) groups is 1. The van der Waals surface area contributed by atoms with E-state index in [4.69, 9.17) is 14.2 Å². The molecule has 16 heavy (non-hydrogen) atoms. The molecule has 3 rings (SSSR count). The van der Waals surface area contributed by atoms with Crippen LogP contribution in [0.1, 0.15) is 10.4 Å². The molecule has 1 amide bonds. The number of amides is 1. The maximum atomic E-state index is 12.0. The number of hydrogen-bond donors (Lipinski definition) is 0. The van der Waals surface area contributed by atoms with Crippen molar-refractivity contribution in [3.05, 3.63) is 23.8 Å². The first-order valence-electron chi connectivity index (χ1n) is 5.11. The van der Waals surface area contributed by atoms with E-state index in [-0.39, 0.29) is 12.7 Å². The second-order valence-electron chi connectivity index (χ2n) is 3.67. The third-order valence-electron chi connectivity index (χ3n) is 2.66. The van der Waals surface area contributed by atoms with Gasteiger partial charge in [0.2, 0.25) is 6.79 Å². The zero-order chi connectivity index (χ0) is 11.0. The van der Waals surface area contributed by atoms with Crippen molar-refractivity contribution < 1.29 is 19.0 Å². The van der Waals surface area contributed by atoms with Gasteiger partial charge in [0.15, 0.2) is 11.5 Å². The Kier molecular flexibility index (Phi) is 2.18. The molecule has 84 valence electrons. The Labute approximate surface area is 92.5 Å². The summed E-state index contributed by atoms with van der Waals surface area (Å²) in [5, 5.41) is 0. The van der Waals surface area contributed by atoms with Gasteiger partial charge in [0, 0.05) is 12.1 Å². The molecular weight excluding hydrogens is 210 g/mol. The average Bonchev–Trinajstić information content (AvgIpc) is 2.98. The predicted molar refractivity (Wildman–Crippen MR) is 54.4 cm³/mol. The van der Waals surface area contributed by atoms with Crippen molar-refractivity contribution in [2.45, 2.75) is 0 Å². The predicted octanol–water partition coefficient (Wildman–Crippen LogP) is 0.845. The highest BCUT2D eigenvalue weighted by Crippen LogP contribution is 2.32. The molecular formula is C11H11NO4. The minimum atomic E-state index is -0.0317. The van der Waals surface area contributed by atoms with Crippen LogP contribution < -0.4 is 9.47 Å². The summed E-state index contributed by atoms with van der Waals surface area (Å²) in [6.07, 6.45) is 0. The molecule has 1 aromatic carbocycles. The summed E-state index contributed by atoms with van der Waals surface area (Å²) in [4.78, 5) is 13.7. The van der Waals surface area contributed by atoms with Crippen LogP contribution in [0, 0.1) is 0 Å². The molecule has 0 saturated carbocycles. The quantitative estimate of drug-likeness (QED) is 0.705. The van der Waals surface area contributed by atoms with Crippen molar-refractivity contribution in [2.75, 3.05) is 26.7 Å². The Bertz CT molecular complexity index is 426. The minimum Gasteiger partial charge on any atom is -0.454 e. The Balaban J connectivity index is 1.86. The fourth-order valence-corrected chi connectivity index (χ4v) is 1.79. The molecule has 0 aliphatic carbocycles. The first-order chi connectivity index (χ1) is 7.84. The molecule has 0 unspecified atom stereocenters. The lowest BCUT2D eigenvalue weighted by molar-refractivity contribution is 0.0694. The largest absolute Gasteiger partial charge is 0.454 e. The molecule has 5 heteroatoms. The number of nitrogens with zero attached hydrogens (tertiary/aromatic N) is 1. The third-order valence-corrected chi connectivity index (χ3v) is 2.66. The van der Waals surface area contributed by atoms with E-state index >= 15 is 0 Å². The Morgan fingerprint density at radius 2 is 2.12 bits per heavy atom. The van der Waals surface area contributed by atoms with E-state index in [0.717, 1.165) is 0 Å². The highest BCUT2D eigenvalue weighted by atomic mass is 16.7. The van der Waals surface area contributed by atoms with E-state index in [1.165, 1.54) is 0 Å². The summed E-state index contributed by atoms with van der Waals surface area (Å²) in [7, 11) is 0. The fraction of sp³-hybridized carbons (Fsp3) is 0.364. The smallest absolute Gasteiger partial charge is 0.255 e. The maximum absolute atomic E-state index is 12.0. The zero-order valence-corrected chi connectivity index (χ0v) is 8.64. The van der Waals surface area contributed by atoms with Gasteiger partial charge in [-0.3, -0.25) is 4.79 Å². The number of carbonyl (C=O) groups excluding carboxylic acids is 1. The number of fused-ring (bicyclic) bond motifs is 1. The van der Waals surface area contributed by atoms with Crippen molar-refractivity contribution in [3.8, 4) is 11.5 Å². The molecule has 0 aromatic heterocycles. The van der Waals surface area contributed by atoms with E-state index < -0.39 is 0 Å². The Morgan fingerprint density at radius 1 is 1.25 bits per heavy atom. The maximum Gasteiger partial charge on any atom is 0.255 e. The van der Waals surface area contributed by atoms with Crippen LogP contribution in [0.3, 0.4) is 0 Å². The van der Waals surface area contributed by atoms with Gasteiger partial charge in [0.25, 0.3) is 5.91 Å². The van der Waals surface area contributed by atoms with Gasteiger partial charge in [-0.2, -0.15) is 0 Å². The molecule has 2 heterocycles. The first kappa shape index (κ1) is 9.47. The average molecular weight is 221 g/mol. The molecule has 2 aliphatic rings. The normalized spacial score (nSPS) is 17.9. The molecule has 0 radical (unpaired) electrons. The van der Waals surface area contributed by atoms with Crippen LogP contribution in [0.15, 0.2) is 18.2 Å². The van der Waals surface area contributed by atoms with Crippen LogP contribution in [-0.2, 0) is 4.74 Å². The zero-order valence-electron chi connectivity index (χ0n) is 8.64. The van der Waals surface area contributed by atoms with Gasteiger partial charge in [-0.05, 0) is 18.2 Å². The van der Waals surface area contributed by atoms with Gasteiger partial charge < -0.3 is 19.1 Å². The van der Waals surface area contributed by atoms with Crippen LogP contribution in [0.25, 0.3) is 0 Å². The molecule has 2 aliphatic heterocycles. The van der Waals surface area contributed by atoms with E-state index in [1.807, 2.05) is 0 Å².